The molecule has 3 rings (SSSR count). The van der Waals surface area contributed by atoms with Crippen molar-refractivity contribution in [1.82, 2.24) is 9.88 Å². The van der Waals surface area contributed by atoms with Gasteiger partial charge in [0, 0.05) is 36.5 Å². The second kappa shape index (κ2) is 13.5. The SMILES string of the molecule is CCN(CC)CCN(C(=O)CCCSc1ccccc1)c1nc2ccc([N+](=O)[O-])cc2s1.Cl. The second-order valence-electron chi connectivity index (χ2n) is 7.24. The molecule has 0 aliphatic rings. The van der Waals surface area contributed by atoms with Gasteiger partial charge in [-0.05, 0) is 43.5 Å². The van der Waals surface area contributed by atoms with Crippen LogP contribution in [0.5, 0.6) is 0 Å². The highest BCUT2D eigenvalue weighted by atomic mass is 35.5. The van der Waals surface area contributed by atoms with E-state index >= 15 is 0 Å². The van der Waals surface area contributed by atoms with Gasteiger partial charge in [-0.3, -0.25) is 19.8 Å². The van der Waals surface area contributed by atoms with E-state index in [1.807, 2.05) is 18.2 Å². The van der Waals surface area contributed by atoms with Crippen LogP contribution in [0.15, 0.2) is 53.4 Å². The van der Waals surface area contributed by atoms with Crippen LogP contribution in [0.2, 0.25) is 0 Å². The Bertz CT molecular complexity index is 1040. The summed E-state index contributed by atoms with van der Waals surface area (Å²) in [5.74, 6) is 0.908. The third kappa shape index (κ3) is 7.67. The number of thioether (sulfide) groups is 1. The fraction of sp³-hybridized carbons (Fsp3) is 0.391. The predicted molar refractivity (Wildman–Crippen MR) is 140 cm³/mol. The first-order valence-electron chi connectivity index (χ1n) is 10.8. The van der Waals surface area contributed by atoms with Gasteiger partial charge in [0.1, 0.15) is 0 Å². The van der Waals surface area contributed by atoms with E-state index in [9.17, 15) is 14.9 Å². The molecule has 7 nitrogen and oxygen atoms in total. The highest BCUT2D eigenvalue weighted by Crippen LogP contribution is 2.32. The number of rotatable bonds is 12. The molecule has 1 aromatic heterocycles. The lowest BCUT2D eigenvalue weighted by atomic mass is 10.3. The Kier molecular flexibility index (Phi) is 11.1. The van der Waals surface area contributed by atoms with Crippen molar-refractivity contribution >= 4 is 62.4 Å². The minimum atomic E-state index is -0.410. The summed E-state index contributed by atoms with van der Waals surface area (Å²) in [6, 6.07) is 14.8. The van der Waals surface area contributed by atoms with Crippen LogP contribution in [-0.4, -0.2) is 52.6 Å². The fourth-order valence-electron chi connectivity index (χ4n) is 3.30. The smallest absolute Gasteiger partial charge is 0.270 e. The Labute approximate surface area is 208 Å². The van der Waals surface area contributed by atoms with Crippen molar-refractivity contribution in [3.8, 4) is 0 Å². The lowest BCUT2D eigenvalue weighted by Gasteiger charge is -2.24. The average molecular weight is 509 g/mol. The van der Waals surface area contributed by atoms with Crippen molar-refractivity contribution < 1.29 is 9.72 Å². The maximum atomic E-state index is 13.2. The van der Waals surface area contributed by atoms with Crippen molar-refractivity contribution in [3.63, 3.8) is 0 Å². The number of thiazole rings is 1. The van der Waals surface area contributed by atoms with E-state index in [-0.39, 0.29) is 24.0 Å². The fourth-order valence-corrected chi connectivity index (χ4v) is 5.22. The van der Waals surface area contributed by atoms with Gasteiger partial charge in [0.2, 0.25) is 5.91 Å². The summed E-state index contributed by atoms with van der Waals surface area (Å²) >= 11 is 3.08. The normalized spacial score (nSPS) is 10.9. The highest BCUT2D eigenvalue weighted by Gasteiger charge is 2.21. The van der Waals surface area contributed by atoms with Crippen LogP contribution < -0.4 is 4.90 Å². The van der Waals surface area contributed by atoms with Gasteiger partial charge in [0.25, 0.3) is 5.69 Å². The number of nitrogens with zero attached hydrogens (tertiary/aromatic N) is 4. The zero-order valence-electron chi connectivity index (χ0n) is 18.8. The van der Waals surface area contributed by atoms with E-state index < -0.39 is 4.92 Å². The Morgan fingerprint density at radius 1 is 1.12 bits per heavy atom. The number of non-ortho nitro benzene ring substituents is 1. The lowest BCUT2D eigenvalue weighted by molar-refractivity contribution is -0.384. The van der Waals surface area contributed by atoms with Gasteiger partial charge in [-0.15, -0.1) is 24.2 Å². The zero-order chi connectivity index (χ0) is 22.9. The molecule has 33 heavy (non-hydrogen) atoms. The van der Waals surface area contributed by atoms with Crippen LogP contribution in [0.3, 0.4) is 0 Å². The predicted octanol–water partition coefficient (Wildman–Crippen LogP) is 5.87. The number of amides is 1. The van der Waals surface area contributed by atoms with Gasteiger partial charge in [0.15, 0.2) is 5.13 Å². The summed E-state index contributed by atoms with van der Waals surface area (Å²) in [6.45, 7) is 7.35. The molecule has 0 saturated heterocycles. The van der Waals surface area contributed by atoms with Gasteiger partial charge in [-0.25, -0.2) is 4.98 Å². The highest BCUT2D eigenvalue weighted by molar-refractivity contribution is 7.99. The number of hydrogen-bond acceptors (Lipinski definition) is 7. The molecule has 0 radical (unpaired) electrons. The molecule has 0 spiro atoms. The van der Waals surface area contributed by atoms with E-state index in [0.717, 1.165) is 36.5 Å². The number of benzene rings is 2. The molecule has 0 unspecified atom stereocenters. The number of halogens is 1. The molecule has 0 bridgehead atoms. The number of nitro benzene ring substituents is 1. The number of fused-ring (bicyclic) bond motifs is 1. The summed E-state index contributed by atoms with van der Waals surface area (Å²) in [6.07, 6.45) is 1.21. The third-order valence-electron chi connectivity index (χ3n) is 5.18. The number of hydrogen-bond donors (Lipinski definition) is 0. The van der Waals surface area contributed by atoms with Crippen LogP contribution in [0.1, 0.15) is 26.7 Å². The molecule has 0 aliphatic carbocycles. The molecule has 3 aromatic rings. The minimum Gasteiger partial charge on any atom is -0.302 e. The molecule has 1 amide bonds. The first-order valence-corrected chi connectivity index (χ1v) is 12.6. The summed E-state index contributed by atoms with van der Waals surface area (Å²) in [4.78, 5) is 33.7. The molecule has 2 aromatic carbocycles. The number of nitro groups is 1. The molecule has 0 N–H and O–H groups in total. The Balaban J connectivity index is 0.00000385. The molecule has 0 fully saturated rings. The monoisotopic (exact) mass is 508 g/mol. The molecular weight excluding hydrogens is 480 g/mol. The molecule has 0 atom stereocenters. The molecule has 178 valence electrons. The number of anilines is 1. The molecular formula is C23H29ClN4O3S2. The van der Waals surface area contributed by atoms with Crippen molar-refractivity contribution in [3.05, 3.63) is 58.6 Å². The maximum Gasteiger partial charge on any atom is 0.270 e. The van der Waals surface area contributed by atoms with Crippen LogP contribution in [0, 0.1) is 10.1 Å². The van der Waals surface area contributed by atoms with Crippen molar-refractivity contribution in [2.75, 3.05) is 36.8 Å². The second-order valence-corrected chi connectivity index (χ2v) is 9.42. The van der Waals surface area contributed by atoms with Crippen LogP contribution in [0.25, 0.3) is 10.2 Å². The number of carbonyl (C=O) groups is 1. The van der Waals surface area contributed by atoms with Crippen molar-refractivity contribution in [2.45, 2.75) is 31.6 Å². The standard InChI is InChI=1S/C23H28N4O3S2.ClH/c1-3-25(4-2)14-15-26(22(28)11-8-16-31-19-9-6-5-7-10-19)23-24-20-13-12-18(27(29)30)17-21(20)32-23;/h5-7,9-10,12-13,17H,3-4,8,11,14-16H2,1-2H3;1H. The zero-order valence-corrected chi connectivity index (χ0v) is 21.3. The van der Waals surface area contributed by atoms with E-state index in [2.05, 4.69) is 35.9 Å². The maximum absolute atomic E-state index is 13.2. The van der Waals surface area contributed by atoms with Gasteiger partial charge in [0.05, 0.1) is 15.1 Å². The number of aromatic nitrogens is 1. The van der Waals surface area contributed by atoms with Gasteiger partial charge >= 0.3 is 0 Å². The summed E-state index contributed by atoms with van der Waals surface area (Å²) in [5, 5.41) is 11.7. The average Bonchev–Trinajstić information content (AvgIpc) is 3.23. The van der Waals surface area contributed by atoms with Crippen LogP contribution in [0.4, 0.5) is 10.8 Å². The van der Waals surface area contributed by atoms with Crippen molar-refractivity contribution in [2.24, 2.45) is 0 Å². The van der Waals surface area contributed by atoms with Gasteiger partial charge < -0.3 is 4.90 Å². The summed E-state index contributed by atoms with van der Waals surface area (Å²) in [7, 11) is 0. The van der Waals surface area contributed by atoms with E-state index in [0.29, 0.717) is 23.6 Å². The lowest BCUT2D eigenvalue weighted by Crippen LogP contribution is -2.38. The van der Waals surface area contributed by atoms with Crippen LogP contribution >= 0.6 is 35.5 Å². The largest absolute Gasteiger partial charge is 0.302 e. The number of likely N-dealkylation sites (N-methyl/N-ethyl adjacent to an activating group) is 1. The molecule has 0 aliphatic heterocycles. The molecule has 10 heteroatoms. The van der Waals surface area contributed by atoms with Gasteiger partial charge in [-0.1, -0.05) is 43.4 Å². The topological polar surface area (TPSA) is 79.6 Å². The molecule has 1 heterocycles. The Morgan fingerprint density at radius 3 is 2.52 bits per heavy atom. The summed E-state index contributed by atoms with van der Waals surface area (Å²) < 4.78 is 0.717. The quantitative estimate of drug-likeness (QED) is 0.132. The van der Waals surface area contributed by atoms with Gasteiger partial charge in [-0.2, -0.15) is 0 Å². The third-order valence-corrected chi connectivity index (χ3v) is 7.32. The van der Waals surface area contributed by atoms with E-state index in [1.165, 1.54) is 28.4 Å². The summed E-state index contributed by atoms with van der Waals surface area (Å²) in [5.41, 5.74) is 0.711. The Hall–Kier alpha value is -2.20. The minimum absolute atomic E-state index is 0. The van der Waals surface area contributed by atoms with E-state index in [1.54, 1.807) is 22.7 Å². The molecule has 0 saturated carbocycles. The Morgan fingerprint density at radius 2 is 1.85 bits per heavy atom. The van der Waals surface area contributed by atoms with Crippen LogP contribution in [-0.2, 0) is 4.79 Å². The number of carbonyl (C=O) groups excluding carboxylic acids is 1. The first-order chi connectivity index (χ1) is 15.5. The van der Waals surface area contributed by atoms with Crippen molar-refractivity contribution in [1.29, 1.82) is 0 Å². The van der Waals surface area contributed by atoms with E-state index in [4.69, 9.17) is 0 Å². The first kappa shape index (κ1) is 27.0.